The molecule has 0 aliphatic carbocycles. The molecule has 0 fully saturated rings. The van der Waals surface area contributed by atoms with Gasteiger partial charge >= 0.3 is 5.97 Å². The zero-order valence-corrected chi connectivity index (χ0v) is 16.3. The van der Waals surface area contributed by atoms with E-state index < -0.39 is 17.7 Å². The lowest BCUT2D eigenvalue weighted by molar-refractivity contribution is -0.158. The monoisotopic (exact) mass is 373 g/mol. The molecule has 142 valence electrons. The van der Waals surface area contributed by atoms with E-state index in [1.54, 1.807) is 0 Å². The molecule has 0 amide bonds. The molecule has 3 aromatic rings. The Hall–Kier alpha value is -3.14. The Kier molecular flexibility index (Phi) is 4.63. The van der Waals surface area contributed by atoms with Crippen LogP contribution >= 0.6 is 0 Å². The Morgan fingerprint density at radius 3 is 2.36 bits per heavy atom. The zero-order chi connectivity index (χ0) is 19.7. The normalized spacial score (nSPS) is 19.2. The molecule has 0 saturated carbocycles. The van der Waals surface area contributed by atoms with E-state index in [9.17, 15) is 4.79 Å². The van der Waals surface area contributed by atoms with Crippen LogP contribution in [-0.4, -0.2) is 23.5 Å². The van der Waals surface area contributed by atoms with Gasteiger partial charge in [0, 0.05) is 11.1 Å². The Morgan fingerprint density at radius 2 is 1.61 bits per heavy atom. The summed E-state index contributed by atoms with van der Waals surface area (Å²) in [5.41, 5.74) is 1.19. The first kappa shape index (κ1) is 18.2. The van der Waals surface area contributed by atoms with E-state index in [-0.39, 0.29) is 5.97 Å². The summed E-state index contributed by atoms with van der Waals surface area (Å²) >= 11 is 0. The number of carbonyl (C=O) groups is 1. The minimum absolute atomic E-state index is 0.378. The van der Waals surface area contributed by atoms with Crippen molar-refractivity contribution in [1.29, 1.82) is 0 Å². The summed E-state index contributed by atoms with van der Waals surface area (Å²) in [4.78, 5) is 17.6. The topological polar surface area (TPSA) is 47.9 Å². The molecule has 1 heterocycles. The van der Waals surface area contributed by atoms with Gasteiger partial charge in [-0.05, 0) is 43.7 Å². The average molecular weight is 373 g/mol. The molecule has 3 aromatic carbocycles. The Morgan fingerprint density at radius 1 is 0.929 bits per heavy atom. The van der Waals surface area contributed by atoms with Gasteiger partial charge in [-0.3, -0.25) is 0 Å². The van der Waals surface area contributed by atoms with E-state index in [1.807, 2.05) is 81.4 Å². The number of hydrogen-bond acceptors (Lipinski definition) is 4. The third-order valence-electron chi connectivity index (χ3n) is 4.58. The summed E-state index contributed by atoms with van der Waals surface area (Å²) in [6.45, 7) is 5.57. The van der Waals surface area contributed by atoms with Crippen LogP contribution in [0.4, 0.5) is 0 Å². The molecule has 4 rings (SSSR count). The maximum absolute atomic E-state index is 12.9. The Bertz CT molecular complexity index is 1030. The Balaban J connectivity index is 1.77. The highest BCUT2D eigenvalue weighted by Crippen LogP contribution is 2.36. The fraction of sp³-hybridized carbons (Fsp3) is 0.250. The van der Waals surface area contributed by atoms with Crippen LogP contribution in [0.2, 0.25) is 0 Å². The van der Waals surface area contributed by atoms with Crippen molar-refractivity contribution in [2.45, 2.75) is 38.5 Å². The van der Waals surface area contributed by atoms with Gasteiger partial charge in [-0.1, -0.05) is 60.7 Å². The molecule has 0 saturated heterocycles. The lowest BCUT2D eigenvalue weighted by Gasteiger charge is -2.24. The van der Waals surface area contributed by atoms with Crippen molar-refractivity contribution in [3.05, 3.63) is 83.9 Å². The number of fused-ring (bicyclic) bond motifs is 1. The SMILES string of the molecule is CC(C)(C)OC(=O)[C@H]1N=C(c2ccccc2)O[C@@H]1c1cccc2ccccc12. The quantitative estimate of drug-likeness (QED) is 0.602. The summed E-state index contributed by atoms with van der Waals surface area (Å²) in [6, 6.07) is 23.0. The molecule has 0 N–H and O–H groups in total. The van der Waals surface area contributed by atoms with Gasteiger partial charge in [-0.2, -0.15) is 0 Å². The molecule has 4 nitrogen and oxygen atoms in total. The number of benzene rings is 3. The second kappa shape index (κ2) is 7.12. The van der Waals surface area contributed by atoms with E-state index in [0.29, 0.717) is 5.90 Å². The van der Waals surface area contributed by atoms with Crippen molar-refractivity contribution in [1.82, 2.24) is 0 Å². The number of hydrogen-bond donors (Lipinski definition) is 0. The summed E-state index contributed by atoms with van der Waals surface area (Å²) < 4.78 is 11.9. The van der Waals surface area contributed by atoms with Crippen LogP contribution in [0.15, 0.2) is 77.8 Å². The van der Waals surface area contributed by atoms with E-state index in [2.05, 4.69) is 17.1 Å². The van der Waals surface area contributed by atoms with E-state index >= 15 is 0 Å². The second-order valence-corrected chi connectivity index (χ2v) is 7.89. The van der Waals surface area contributed by atoms with Crippen molar-refractivity contribution >= 4 is 22.6 Å². The highest BCUT2D eigenvalue weighted by molar-refractivity contribution is 5.99. The highest BCUT2D eigenvalue weighted by atomic mass is 16.6. The number of aliphatic imine (C=N–C) groups is 1. The molecule has 28 heavy (non-hydrogen) atoms. The summed E-state index contributed by atoms with van der Waals surface area (Å²) in [7, 11) is 0. The van der Waals surface area contributed by atoms with Crippen molar-refractivity contribution in [2.75, 3.05) is 0 Å². The van der Waals surface area contributed by atoms with E-state index in [4.69, 9.17) is 9.47 Å². The molecular weight excluding hydrogens is 350 g/mol. The summed E-state index contributed by atoms with van der Waals surface area (Å²) in [6.07, 6.45) is -0.531. The van der Waals surface area contributed by atoms with Gasteiger partial charge in [-0.25, -0.2) is 9.79 Å². The van der Waals surface area contributed by atoms with Crippen molar-refractivity contribution in [2.24, 2.45) is 4.99 Å². The van der Waals surface area contributed by atoms with Crippen molar-refractivity contribution in [3.8, 4) is 0 Å². The molecule has 0 unspecified atom stereocenters. The molecule has 0 aromatic heterocycles. The number of esters is 1. The van der Waals surface area contributed by atoms with Gasteiger partial charge in [0.05, 0.1) is 0 Å². The number of rotatable bonds is 3. The first-order chi connectivity index (χ1) is 13.4. The van der Waals surface area contributed by atoms with E-state index in [1.165, 1.54) is 0 Å². The minimum atomic E-state index is -0.750. The van der Waals surface area contributed by atoms with Crippen LogP contribution in [0.3, 0.4) is 0 Å². The smallest absolute Gasteiger partial charge is 0.335 e. The second-order valence-electron chi connectivity index (χ2n) is 7.89. The van der Waals surface area contributed by atoms with Gasteiger partial charge in [0.15, 0.2) is 12.1 Å². The van der Waals surface area contributed by atoms with Crippen LogP contribution in [0.1, 0.15) is 38.0 Å². The molecule has 0 radical (unpaired) electrons. The maximum Gasteiger partial charge on any atom is 0.335 e. The molecular formula is C24H23NO3. The Labute approximate surface area is 164 Å². The van der Waals surface area contributed by atoms with Crippen molar-refractivity contribution < 1.29 is 14.3 Å². The van der Waals surface area contributed by atoms with Gasteiger partial charge in [0.2, 0.25) is 5.90 Å². The standard InChI is InChI=1S/C24H23NO3/c1-24(2,3)28-23(26)20-21(27-22(25-20)17-11-5-4-6-12-17)19-15-9-13-16-10-7-8-14-18(16)19/h4-15,20-21H,1-3H3/t20-,21+/m0/s1. The molecule has 1 aliphatic heterocycles. The van der Waals surface area contributed by atoms with Crippen molar-refractivity contribution in [3.63, 3.8) is 0 Å². The average Bonchev–Trinajstić information content (AvgIpc) is 3.12. The predicted octanol–water partition coefficient (Wildman–Crippen LogP) is 5.07. The van der Waals surface area contributed by atoms with Crippen LogP contribution in [0.5, 0.6) is 0 Å². The van der Waals surface area contributed by atoms with Crippen LogP contribution in [0.25, 0.3) is 10.8 Å². The number of carbonyl (C=O) groups excluding carboxylic acids is 1. The first-order valence-electron chi connectivity index (χ1n) is 9.43. The first-order valence-corrected chi connectivity index (χ1v) is 9.43. The van der Waals surface area contributed by atoms with Crippen LogP contribution in [0, 0.1) is 0 Å². The lowest BCUT2D eigenvalue weighted by Crippen LogP contribution is -2.33. The van der Waals surface area contributed by atoms with Gasteiger partial charge in [0.1, 0.15) is 5.60 Å². The summed E-state index contributed by atoms with van der Waals surface area (Å²) in [5.74, 6) is 0.0887. The molecule has 4 heteroatoms. The third kappa shape index (κ3) is 3.63. The fourth-order valence-electron chi connectivity index (χ4n) is 3.40. The molecule has 0 spiro atoms. The third-order valence-corrected chi connectivity index (χ3v) is 4.58. The van der Waals surface area contributed by atoms with Gasteiger partial charge in [0.25, 0.3) is 0 Å². The summed E-state index contributed by atoms with van der Waals surface area (Å²) in [5, 5.41) is 2.15. The highest BCUT2D eigenvalue weighted by Gasteiger charge is 2.41. The number of ether oxygens (including phenoxy) is 2. The molecule has 2 atom stereocenters. The minimum Gasteiger partial charge on any atom is -0.466 e. The predicted molar refractivity (Wildman–Crippen MR) is 110 cm³/mol. The van der Waals surface area contributed by atoms with Gasteiger partial charge < -0.3 is 9.47 Å². The van der Waals surface area contributed by atoms with Gasteiger partial charge in [-0.15, -0.1) is 0 Å². The van der Waals surface area contributed by atoms with Crippen LogP contribution < -0.4 is 0 Å². The molecule has 0 bridgehead atoms. The molecule has 1 aliphatic rings. The van der Waals surface area contributed by atoms with Crippen LogP contribution in [-0.2, 0) is 14.3 Å². The largest absolute Gasteiger partial charge is 0.466 e. The number of nitrogens with zero attached hydrogens (tertiary/aromatic N) is 1. The lowest BCUT2D eigenvalue weighted by atomic mass is 9.96. The maximum atomic E-state index is 12.9. The fourth-order valence-corrected chi connectivity index (χ4v) is 3.40. The zero-order valence-electron chi connectivity index (χ0n) is 16.3. The van der Waals surface area contributed by atoms with E-state index in [0.717, 1.165) is 21.9 Å².